The number of rotatable bonds is 5. The summed E-state index contributed by atoms with van der Waals surface area (Å²) in [4.78, 5) is 7.14. The van der Waals surface area contributed by atoms with Crippen molar-refractivity contribution >= 4 is 39.9 Å². The molecule has 31 heavy (non-hydrogen) atoms. The fourth-order valence-corrected chi connectivity index (χ4v) is 5.35. The molecule has 4 aromatic rings. The number of aromatic nitrogens is 3. The van der Waals surface area contributed by atoms with E-state index in [1.807, 2.05) is 6.07 Å². The molecule has 0 aliphatic carbocycles. The third-order valence-corrected chi connectivity index (χ3v) is 7.47. The zero-order chi connectivity index (χ0) is 22.2. The van der Waals surface area contributed by atoms with Crippen molar-refractivity contribution in [3.63, 3.8) is 0 Å². The molecule has 4 rings (SSSR count). The largest absolute Gasteiger partial charge is 0.486 e. The lowest BCUT2D eigenvalue weighted by atomic mass is 9.92. The number of hydrogen-bond donors (Lipinski definition) is 0. The first kappa shape index (κ1) is 21.9. The fraction of sp³-hybridized carbons (Fsp3) is 0.292. The standard InChI is InChI=1S/C24H25N3OS3/c1-15-17(11-20(31-15)23(29)28-5)22-25-18(14-30-22)19-12-21(24(2,3)4)26-27(19)13-16-9-7-6-8-10-16/h6-12,14H,13H2,1-5H3. The molecule has 0 aliphatic rings. The first-order valence-corrected chi connectivity index (χ1v) is 12.1. The van der Waals surface area contributed by atoms with Gasteiger partial charge >= 0.3 is 0 Å². The Balaban J connectivity index is 1.73. The average molecular weight is 468 g/mol. The number of aryl methyl sites for hydroxylation is 1. The highest BCUT2D eigenvalue weighted by atomic mass is 32.1. The lowest BCUT2D eigenvalue weighted by molar-refractivity contribution is 0.417. The minimum Gasteiger partial charge on any atom is -0.486 e. The third kappa shape index (κ3) is 4.63. The van der Waals surface area contributed by atoms with Crippen molar-refractivity contribution in [2.45, 2.75) is 39.7 Å². The molecule has 0 N–H and O–H groups in total. The minimum atomic E-state index is -0.0375. The van der Waals surface area contributed by atoms with Crippen LogP contribution in [-0.2, 0) is 16.7 Å². The number of thiophene rings is 1. The van der Waals surface area contributed by atoms with Crippen molar-refractivity contribution in [2.75, 3.05) is 7.11 Å². The maximum absolute atomic E-state index is 5.30. The molecular weight excluding hydrogens is 442 g/mol. The van der Waals surface area contributed by atoms with Crippen LogP contribution in [0.5, 0.6) is 0 Å². The van der Waals surface area contributed by atoms with Crippen LogP contribution in [0.25, 0.3) is 22.0 Å². The van der Waals surface area contributed by atoms with Gasteiger partial charge < -0.3 is 4.74 Å². The van der Waals surface area contributed by atoms with Gasteiger partial charge in [-0.2, -0.15) is 5.10 Å². The molecule has 160 valence electrons. The molecule has 0 spiro atoms. The lowest BCUT2D eigenvalue weighted by Crippen LogP contribution is -2.13. The molecule has 0 aliphatic heterocycles. The summed E-state index contributed by atoms with van der Waals surface area (Å²) in [5.74, 6) is 0. The summed E-state index contributed by atoms with van der Waals surface area (Å²) in [6, 6.07) is 14.7. The van der Waals surface area contributed by atoms with Gasteiger partial charge in [-0.05, 0) is 36.8 Å². The Morgan fingerprint density at radius 3 is 2.58 bits per heavy atom. The van der Waals surface area contributed by atoms with E-state index >= 15 is 0 Å². The maximum Gasteiger partial charge on any atom is 0.201 e. The van der Waals surface area contributed by atoms with Crippen LogP contribution in [0.2, 0.25) is 0 Å². The molecule has 0 unspecified atom stereocenters. The second-order valence-electron chi connectivity index (χ2n) is 8.42. The summed E-state index contributed by atoms with van der Waals surface area (Å²) in [5, 5.41) is 8.56. The first-order valence-electron chi connectivity index (χ1n) is 10.0. The highest BCUT2D eigenvalue weighted by Crippen LogP contribution is 2.36. The predicted molar refractivity (Wildman–Crippen MR) is 134 cm³/mol. The van der Waals surface area contributed by atoms with E-state index in [9.17, 15) is 0 Å². The molecule has 0 fully saturated rings. The Kier molecular flexibility index (Phi) is 6.10. The van der Waals surface area contributed by atoms with Crippen molar-refractivity contribution in [1.82, 2.24) is 14.8 Å². The van der Waals surface area contributed by atoms with Gasteiger partial charge in [-0.15, -0.1) is 22.7 Å². The number of thiocarbonyl (C=S) groups is 1. The van der Waals surface area contributed by atoms with Gasteiger partial charge in [0.25, 0.3) is 0 Å². The van der Waals surface area contributed by atoms with Crippen molar-refractivity contribution in [1.29, 1.82) is 0 Å². The number of thiazole rings is 1. The minimum absolute atomic E-state index is 0.0375. The van der Waals surface area contributed by atoms with Gasteiger partial charge in [-0.3, -0.25) is 4.68 Å². The second kappa shape index (κ2) is 8.65. The van der Waals surface area contributed by atoms with E-state index < -0.39 is 0 Å². The molecule has 1 aromatic carbocycles. The number of hydrogen-bond acceptors (Lipinski definition) is 6. The molecule has 3 heterocycles. The van der Waals surface area contributed by atoms with Gasteiger partial charge in [0.1, 0.15) is 5.01 Å². The van der Waals surface area contributed by atoms with Crippen LogP contribution in [0, 0.1) is 6.92 Å². The van der Waals surface area contributed by atoms with Gasteiger partial charge in [-0.25, -0.2) is 4.98 Å². The Bertz CT molecular complexity index is 1210. The molecule has 0 bridgehead atoms. The summed E-state index contributed by atoms with van der Waals surface area (Å²) in [5.41, 5.74) is 5.34. The van der Waals surface area contributed by atoms with Gasteiger partial charge in [0.15, 0.2) is 0 Å². The third-order valence-electron chi connectivity index (χ3n) is 5.02. The smallest absolute Gasteiger partial charge is 0.201 e. The summed E-state index contributed by atoms with van der Waals surface area (Å²) in [6.07, 6.45) is 0. The van der Waals surface area contributed by atoms with Crippen LogP contribution in [0.4, 0.5) is 0 Å². The topological polar surface area (TPSA) is 39.9 Å². The molecule has 7 heteroatoms. The van der Waals surface area contributed by atoms with Gasteiger partial charge in [0.2, 0.25) is 5.05 Å². The quantitative estimate of drug-likeness (QED) is 0.306. The number of benzene rings is 1. The van der Waals surface area contributed by atoms with E-state index in [1.54, 1.807) is 29.8 Å². The Labute approximate surface area is 196 Å². The highest BCUT2D eigenvalue weighted by molar-refractivity contribution is 7.80. The molecule has 0 amide bonds. The molecule has 0 saturated carbocycles. The molecule has 0 radical (unpaired) electrons. The predicted octanol–water partition coefficient (Wildman–Crippen LogP) is 6.71. The van der Waals surface area contributed by atoms with Crippen molar-refractivity contribution in [3.05, 3.63) is 68.9 Å². The van der Waals surface area contributed by atoms with Crippen molar-refractivity contribution in [2.24, 2.45) is 0 Å². The maximum atomic E-state index is 5.30. The van der Waals surface area contributed by atoms with Crippen LogP contribution in [0.3, 0.4) is 0 Å². The SMILES string of the molecule is COC(=S)c1cc(-c2nc(-c3cc(C(C)(C)C)nn3Cc3ccccc3)cs2)c(C)s1. The van der Waals surface area contributed by atoms with E-state index in [4.69, 9.17) is 27.0 Å². The van der Waals surface area contributed by atoms with Crippen molar-refractivity contribution < 1.29 is 4.74 Å². The van der Waals surface area contributed by atoms with Crippen LogP contribution in [0.15, 0.2) is 47.8 Å². The summed E-state index contributed by atoms with van der Waals surface area (Å²) >= 11 is 8.59. The van der Waals surface area contributed by atoms with E-state index in [-0.39, 0.29) is 5.41 Å². The van der Waals surface area contributed by atoms with Crippen LogP contribution < -0.4 is 0 Å². The van der Waals surface area contributed by atoms with E-state index in [2.05, 4.69) is 74.2 Å². The van der Waals surface area contributed by atoms with Crippen LogP contribution >= 0.6 is 34.9 Å². The van der Waals surface area contributed by atoms with Crippen LogP contribution in [-0.4, -0.2) is 26.9 Å². The van der Waals surface area contributed by atoms with Crippen LogP contribution in [0.1, 0.15) is 41.8 Å². The molecular formula is C24H25N3OS3. The fourth-order valence-electron chi connectivity index (χ4n) is 3.28. The number of methoxy groups -OCH3 is 1. The lowest BCUT2D eigenvalue weighted by Gasteiger charge is -2.14. The van der Waals surface area contributed by atoms with E-state index in [0.717, 1.165) is 32.5 Å². The Hall–Kier alpha value is -2.35. The highest BCUT2D eigenvalue weighted by Gasteiger charge is 2.22. The van der Waals surface area contributed by atoms with Gasteiger partial charge in [-0.1, -0.05) is 51.1 Å². The van der Waals surface area contributed by atoms with E-state index in [0.29, 0.717) is 11.6 Å². The monoisotopic (exact) mass is 467 g/mol. The molecule has 0 atom stereocenters. The zero-order valence-corrected chi connectivity index (χ0v) is 20.8. The van der Waals surface area contributed by atoms with Gasteiger partial charge in [0.05, 0.1) is 35.6 Å². The normalized spacial score (nSPS) is 11.6. The molecule has 3 aromatic heterocycles. The summed E-state index contributed by atoms with van der Waals surface area (Å²) in [7, 11) is 1.61. The van der Waals surface area contributed by atoms with Crippen molar-refractivity contribution in [3.8, 4) is 22.0 Å². The first-order chi connectivity index (χ1) is 14.8. The summed E-state index contributed by atoms with van der Waals surface area (Å²) in [6.45, 7) is 9.37. The molecule has 0 saturated heterocycles. The Morgan fingerprint density at radius 1 is 1.16 bits per heavy atom. The summed E-state index contributed by atoms with van der Waals surface area (Å²) < 4.78 is 7.31. The Morgan fingerprint density at radius 2 is 1.90 bits per heavy atom. The second-order valence-corrected chi connectivity index (χ2v) is 10.9. The van der Waals surface area contributed by atoms with Gasteiger partial charge in [0, 0.05) is 21.2 Å². The molecule has 4 nitrogen and oxygen atoms in total. The number of ether oxygens (including phenoxy) is 1. The van der Waals surface area contributed by atoms with E-state index in [1.165, 1.54) is 10.4 Å². The number of nitrogens with zero attached hydrogens (tertiary/aromatic N) is 3. The average Bonchev–Trinajstić information content (AvgIpc) is 3.45. The zero-order valence-electron chi connectivity index (χ0n) is 18.3.